The van der Waals surface area contributed by atoms with E-state index in [0.29, 0.717) is 5.92 Å². The first kappa shape index (κ1) is 11.9. The van der Waals surface area contributed by atoms with Crippen LogP contribution in [0.4, 0.5) is 0 Å². The Labute approximate surface area is 112 Å². The van der Waals surface area contributed by atoms with Crippen molar-refractivity contribution in [3.63, 3.8) is 0 Å². The van der Waals surface area contributed by atoms with E-state index < -0.39 is 0 Å². The van der Waals surface area contributed by atoms with Crippen LogP contribution in [0.25, 0.3) is 10.6 Å². The first-order valence-electron chi connectivity index (χ1n) is 6.55. The number of nitrogens with two attached hydrogens (primary N) is 1. The summed E-state index contributed by atoms with van der Waals surface area (Å²) >= 11 is 1.87. The first-order valence-corrected chi connectivity index (χ1v) is 7.37. The van der Waals surface area contributed by atoms with Crippen molar-refractivity contribution in [2.24, 2.45) is 5.73 Å². The smallest absolute Gasteiger partial charge is 0.124 e. The monoisotopic (exact) mass is 258 g/mol. The highest BCUT2D eigenvalue weighted by molar-refractivity contribution is 7.15. The second kappa shape index (κ2) is 4.82. The number of rotatable bonds is 3. The van der Waals surface area contributed by atoms with Gasteiger partial charge in [-0.05, 0) is 38.3 Å². The van der Waals surface area contributed by atoms with E-state index in [1.807, 2.05) is 11.3 Å². The zero-order valence-electron chi connectivity index (χ0n) is 10.6. The number of nitrogens with zero attached hydrogens (tertiary/aromatic N) is 1. The molecule has 2 nitrogen and oxygen atoms in total. The van der Waals surface area contributed by atoms with E-state index in [-0.39, 0.29) is 0 Å². The lowest BCUT2D eigenvalue weighted by atomic mass is 10.0. The molecule has 3 heteroatoms. The van der Waals surface area contributed by atoms with Gasteiger partial charge in [0.25, 0.3) is 0 Å². The summed E-state index contributed by atoms with van der Waals surface area (Å²) in [6, 6.07) is 8.49. The van der Waals surface area contributed by atoms with Gasteiger partial charge >= 0.3 is 0 Å². The maximum atomic E-state index is 5.68. The van der Waals surface area contributed by atoms with Crippen LogP contribution in [0.5, 0.6) is 0 Å². The average molecular weight is 258 g/mol. The van der Waals surface area contributed by atoms with E-state index in [4.69, 9.17) is 10.7 Å². The standard InChI is InChI=1S/C15H18N2S/c1-10-4-2-3-5-12(10)15-17-14-11(8-9-16)6-7-13(14)18-15/h2-5,11H,6-9,16H2,1H3. The molecule has 94 valence electrons. The third kappa shape index (κ3) is 1.98. The highest BCUT2D eigenvalue weighted by Gasteiger charge is 2.26. The molecule has 2 N–H and O–H groups in total. The zero-order valence-corrected chi connectivity index (χ0v) is 11.5. The topological polar surface area (TPSA) is 38.9 Å². The van der Waals surface area contributed by atoms with E-state index >= 15 is 0 Å². The fourth-order valence-corrected chi connectivity index (χ4v) is 3.97. The Hall–Kier alpha value is -1.19. The number of aryl methyl sites for hydroxylation is 2. The van der Waals surface area contributed by atoms with Gasteiger partial charge in [-0.3, -0.25) is 0 Å². The number of fused-ring (bicyclic) bond motifs is 1. The van der Waals surface area contributed by atoms with Crippen molar-refractivity contribution in [1.29, 1.82) is 0 Å². The fraction of sp³-hybridized carbons (Fsp3) is 0.400. The molecule has 1 aliphatic carbocycles. The van der Waals surface area contributed by atoms with Gasteiger partial charge in [0.2, 0.25) is 0 Å². The van der Waals surface area contributed by atoms with Gasteiger partial charge in [0.1, 0.15) is 5.01 Å². The normalized spacial score (nSPS) is 18.0. The molecule has 1 aliphatic rings. The molecule has 18 heavy (non-hydrogen) atoms. The van der Waals surface area contributed by atoms with Crippen LogP contribution in [0.3, 0.4) is 0 Å². The molecule has 0 aliphatic heterocycles. The van der Waals surface area contributed by atoms with Crippen molar-refractivity contribution in [2.75, 3.05) is 6.54 Å². The predicted octanol–water partition coefficient (Wildman–Crippen LogP) is 3.50. The minimum atomic E-state index is 0.596. The minimum absolute atomic E-state index is 0.596. The van der Waals surface area contributed by atoms with Crippen molar-refractivity contribution in [1.82, 2.24) is 4.98 Å². The van der Waals surface area contributed by atoms with Crippen LogP contribution in [0.15, 0.2) is 24.3 Å². The van der Waals surface area contributed by atoms with E-state index in [1.165, 1.54) is 39.5 Å². The molecule has 1 aromatic heterocycles. The SMILES string of the molecule is Cc1ccccc1-c1nc2c(s1)CCC2CCN. The summed E-state index contributed by atoms with van der Waals surface area (Å²) in [5.41, 5.74) is 9.59. The molecule has 0 bridgehead atoms. The van der Waals surface area contributed by atoms with Gasteiger partial charge < -0.3 is 5.73 Å². The van der Waals surface area contributed by atoms with Crippen LogP contribution in [0.1, 0.15) is 34.9 Å². The molecular formula is C15H18N2S. The number of thiazole rings is 1. The van der Waals surface area contributed by atoms with Crippen LogP contribution in [0.2, 0.25) is 0 Å². The van der Waals surface area contributed by atoms with Crippen LogP contribution < -0.4 is 5.73 Å². The zero-order chi connectivity index (χ0) is 12.5. The lowest BCUT2D eigenvalue weighted by Crippen LogP contribution is -2.05. The van der Waals surface area contributed by atoms with E-state index in [9.17, 15) is 0 Å². The van der Waals surface area contributed by atoms with E-state index in [1.54, 1.807) is 0 Å². The van der Waals surface area contributed by atoms with Gasteiger partial charge in [0.05, 0.1) is 5.69 Å². The van der Waals surface area contributed by atoms with Gasteiger partial charge in [-0.25, -0.2) is 4.98 Å². The van der Waals surface area contributed by atoms with Crippen LogP contribution in [-0.4, -0.2) is 11.5 Å². The van der Waals surface area contributed by atoms with E-state index in [2.05, 4.69) is 31.2 Å². The number of benzene rings is 1. The second-order valence-electron chi connectivity index (χ2n) is 4.96. The molecule has 2 aromatic rings. The van der Waals surface area contributed by atoms with Gasteiger partial charge in [-0.1, -0.05) is 24.3 Å². The molecule has 0 saturated carbocycles. The molecule has 1 aromatic carbocycles. The Morgan fingerprint density at radius 2 is 2.22 bits per heavy atom. The highest BCUT2D eigenvalue weighted by atomic mass is 32.1. The van der Waals surface area contributed by atoms with Crippen molar-refractivity contribution >= 4 is 11.3 Å². The predicted molar refractivity (Wildman–Crippen MR) is 77.0 cm³/mol. The van der Waals surface area contributed by atoms with Crippen molar-refractivity contribution in [3.8, 4) is 10.6 Å². The molecule has 1 unspecified atom stereocenters. The molecule has 0 saturated heterocycles. The maximum absolute atomic E-state index is 5.68. The van der Waals surface area contributed by atoms with Crippen molar-refractivity contribution in [2.45, 2.75) is 32.1 Å². The van der Waals surface area contributed by atoms with Gasteiger partial charge in [0.15, 0.2) is 0 Å². The third-order valence-corrected chi connectivity index (χ3v) is 4.89. The average Bonchev–Trinajstić information content (AvgIpc) is 2.92. The maximum Gasteiger partial charge on any atom is 0.124 e. The molecule has 0 fully saturated rings. The molecule has 1 atom stereocenters. The second-order valence-corrected chi connectivity index (χ2v) is 6.04. The molecular weight excluding hydrogens is 240 g/mol. The molecule has 0 spiro atoms. The first-order chi connectivity index (χ1) is 8.79. The summed E-state index contributed by atoms with van der Waals surface area (Å²) in [6.45, 7) is 2.92. The number of aromatic nitrogens is 1. The summed E-state index contributed by atoms with van der Waals surface area (Å²) in [7, 11) is 0. The lowest BCUT2D eigenvalue weighted by molar-refractivity contribution is 0.616. The van der Waals surface area contributed by atoms with Crippen LogP contribution in [-0.2, 0) is 6.42 Å². The highest BCUT2D eigenvalue weighted by Crippen LogP contribution is 2.41. The van der Waals surface area contributed by atoms with Crippen molar-refractivity contribution in [3.05, 3.63) is 40.4 Å². The fourth-order valence-electron chi connectivity index (χ4n) is 2.71. The largest absolute Gasteiger partial charge is 0.330 e. The quantitative estimate of drug-likeness (QED) is 0.915. The summed E-state index contributed by atoms with van der Waals surface area (Å²) < 4.78 is 0. The molecule has 0 amide bonds. The number of hydrogen-bond donors (Lipinski definition) is 1. The number of hydrogen-bond acceptors (Lipinski definition) is 3. The van der Waals surface area contributed by atoms with Gasteiger partial charge in [-0.15, -0.1) is 11.3 Å². The Morgan fingerprint density at radius 1 is 1.39 bits per heavy atom. The lowest BCUT2D eigenvalue weighted by Gasteiger charge is -2.06. The minimum Gasteiger partial charge on any atom is -0.330 e. The Morgan fingerprint density at radius 3 is 3.00 bits per heavy atom. The van der Waals surface area contributed by atoms with Gasteiger partial charge in [-0.2, -0.15) is 0 Å². The van der Waals surface area contributed by atoms with Crippen LogP contribution in [0, 0.1) is 6.92 Å². The molecule has 1 heterocycles. The Kier molecular flexibility index (Phi) is 3.18. The summed E-state index contributed by atoms with van der Waals surface area (Å²) in [4.78, 5) is 6.36. The summed E-state index contributed by atoms with van der Waals surface area (Å²) in [6.07, 6.45) is 3.49. The van der Waals surface area contributed by atoms with Gasteiger partial charge in [0, 0.05) is 16.4 Å². The Bertz CT molecular complexity index is 559. The van der Waals surface area contributed by atoms with E-state index in [0.717, 1.165) is 13.0 Å². The molecule has 0 radical (unpaired) electrons. The third-order valence-electron chi connectivity index (χ3n) is 3.72. The molecule has 3 rings (SSSR count). The summed E-state index contributed by atoms with van der Waals surface area (Å²) in [5.74, 6) is 0.596. The van der Waals surface area contributed by atoms with Crippen molar-refractivity contribution < 1.29 is 0 Å². The summed E-state index contributed by atoms with van der Waals surface area (Å²) in [5, 5.41) is 1.18. The van der Waals surface area contributed by atoms with Crippen LogP contribution >= 0.6 is 11.3 Å². The Balaban J connectivity index is 1.97.